The van der Waals surface area contributed by atoms with Crippen LogP contribution in [0.25, 0.3) is 0 Å². The van der Waals surface area contributed by atoms with Crippen LogP contribution in [0.2, 0.25) is 0 Å². The van der Waals surface area contributed by atoms with Gasteiger partial charge < -0.3 is 29.2 Å². The lowest BCUT2D eigenvalue weighted by Crippen LogP contribution is -2.07. The lowest BCUT2D eigenvalue weighted by atomic mass is 10.5. The first kappa shape index (κ1) is 23.1. The van der Waals surface area contributed by atoms with Crippen LogP contribution in [-0.2, 0) is 28.5 Å². The molecule has 0 aliphatic carbocycles. The summed E-state index contributed by atoms with van der Waals surface area (Å²) in [7, 11) is 0. The van der Waals surface area contributed by atoms with Crippen LogP contribution < -0.4 is 0 Å². The number of carboxylic acid groups (broad SMARTS) is 2. The van der Waals surface area contributed by atoms with Gasteiger partial charge in [0, 0.05) is 13.2 Å². The van der Waals surface area contributed by atoms with Crippen molar-refractivity contribution in [3.8, 4) is 0 Å². The Morgan fingerprint density at radius 2 is 0.955 bits per heavy atom. The van der Waals surface area contributed by atoms with Crippen LogP contribution >= 0.6 is 0 Å². The van der Waals surface area contributed by atoms with Crippen LogP contribution in [0.3, 0.4) is 0 Å². The van der Waals surface area contributed by atoms with Gasteiger partial charge in [-0.15, -0.1) is 0 Å². The molecule has 0 unspecified atom stereocenters. The SMILES string of the molecule is CCOCCOCCC(=O)O.CCOCCOCCC(=O)O. The van der Waals surface area contributed by atoms with Gasteiger partial charge in [0.15, 0.2) is 0 Å². The molecule has 0 aliphatic heterocycles. The molecule has 0 bridgehead atoms. The van der Waals surface area contributed by atoms with E-state index in [-0.39, 0.29) is 26.1 Å². The predicted molar refractivity (Wildman–Crippen MR) is 79.1 cm³/mol. The molecule has 0 radical (unpaired) electrons. The van der Waals surface area contributed by atoms with Gasteiger partial charge in [-0.3, -0.25) is 9.59 Å². The lowest BCUT2D eigenvalue weighted by Gasteiger charge is -2.01. The molecule has 0 heterocycles. The molecular weight excluding hydrogens is 296 g/mol. The summed E-state index contributed by atoms with van der Waals surface area (Å²) in [4.78, 5) is 20.0. The van der Waals surface area contributed by atoms with Crippen molar-refractivity contribution in [3.63, 3.8) is 0 Å². The minimum Gasteiger partial charge on any atom is -0.481 e. The van der Waals surface area contributed by atoms with Crippen molar-refractivity contribution >= 4 is 11.9 Å². The zero-order valence-electron chi connectivity index (χ0n) is 13.4. The number of aliphatic carboxylic acids is 2. The van der Waals surface area contributed by atoms with Crippen molar-refractivity contribution in [1.29, 1.82) is 0 Å². The first-order valence-corrected chi connectivity index (χ1v) is 7.29. The predicted octanol–water partition coefficient (Wildman–Crippen LogP) is 1.03. The molecule has 22 heavy (non-hydrogen) atoms. The van der Waals surface area contributed by atoms with Gasteiger partial charge in [0.25, 0.3) is 0 Å². The van der Waals surface area contributed by atoms with E-state index in [1.54, 1.807) is 0 Å². The van der Waals surface area contributed by atoms with Crippen LogP contribution in [0.1, 0.15) is 26.7 Å². The van der Waals surface area contributed by atoms with Gasteiger partial charge in [-0.1, -0.05) is 0 Å². The molecule has 0 aliphatic rings. The van der Waals surface area contributed by atoms with Gasteiger partial charge in [0.1, 0.15) is 0 Å². The van der Waals surface area contributed by atoms with Crippen LogP contribution in [0.4, 0.5) is 0 Å². The van der Waals surface area contributed by atoms with Gasteiger partial charge in [-0.05, 0) is 13.8 Å². The zero-order valence-corrected chi connectivity index (χ0v) is 13.4. The second-order valence-electron chi connectivity index (χ2n) is 3.91. The third-order valence-electron chi connectivity index (χ3n) is 2.07. The minimum atomic E-state index is -0.832. The summed E-state index contributed by atoms with van der Waals surface area (Å²) in [6.45, 7) is 7.69. The van der Waals surface area contributed by atoms with Gasteiger partial charge in [-0.2, -0.15) is 0 Å². The summed E-state index contributed by atoms with van der Waals surface area (Å²) in [5, 5.41) is 16.4. The van der Waals surface area contributed by atoms with Crippen LogP contribution in [0.5, 0.6) is 0 Å². The summed E-state index contributed by atoms with van der Waals surface area (Å²) < 4.78 is 19.8. The van der Waals surface area contributed by atoms with Gasteiger partial charge in [0.2, 0.25) is 0 Å². The number of ether oxygens (including phenoxy) is 4. The zero-order chi connectivity index (χ0) is 17.1. The average Bonchev–Trinajstić information content (AvgIpc) is 2.46. The Hall–Kier alpha value is -1.22. The normalized spacial score (nSPS) is 9.91. The number of hydrogen-bond donors (Lipinski definition) is 2. The fourth-order valence-electron chi connectivity index (χ4n) is 1.05. The summed E-state index contributed by atoms with van der Waals surface area (Å²) >= 11 is 0. The Morgan fingerprint density at radius 1 is 0.636 bits per heavy atom. The smallest absolute Gasteiger partial charge is 0.305 e. The fourth-order valence-corrected chi connectivity index (χ4v) is 1.05. The van der Waals surface area contributed by atoms with E-state index in [1.807, 2.05) is 13.8 Å². The molecule has 0 rings (SSSR count). The molecule has 0 fully saturated rings. The van der Waals surface area contributed by atoms with Crippen molar-refractivity contribution in [1.82, 2.24) is 0 Å². The van der Waals surface area contributed by atoms with E-state index in [0.29, 0.717) is 39.6 Å². The lowest BCUT2D eigenvalue weighted by molar-refractivity contribution is -0.139. The maximum absolute atomic E-state index is 9.98. The monoisotopic (exact) mass is 324 g/mol. The standard InChI is InChI=1S/2C7H14O4/c2*1-2-10-5-6-11-4-3-7(8)9/h2*2-6H2,1H3,(H,8,9). The van der Waals surface area contributed by atoms with E-state index in [0.717, 1.165) is 0 Å². The van der Waals surface area contributed by atoms with E-state index in [9.17, 15) is 9.59 Å². The highest BCUT2D eigenvalue weighted by Gasteiger charge is 1.95. The molecule has 0 amide bonds. The van der Waals surface area contributed by atoms with E-state index in [2.05, 4.69) is 0 Å². The topological polar surface area (TPSA) is 112 Å². The van der Waals surface area contributed by atoms with Gasteiger partial charge in [-0.25, -0.2) is 0 Å². The third-order valence-corrected chi connectivity index (χ3v) is 2.07. The molecule has 0 saturated carbocycles. The molecule has 2 N–H and O–H groups in total. The summed E-state index contributed by atoms with van der Waals surface area (Å²) in [6, 6.07) is 0. The maximum atomic E-state index is 9.98. The van der Waals surface area contributed by atoms with Crippen LogP contribution in [0, 0.1) is 0 Å². The molecule has 0 atom stereocenters. The molecule has 0 aromatic heterocycles. The van der Waals surface area contributed by atoms with E-state index in [4.69, 9.17) is 29.2 Å². The first-order valence-electron chi connectivity index (χ1n) is 7.29. The highest BCUT2D eigenvalue weighted by Crippen LogP contribution is 1.83. The van der Waals surface area contributed by atoms with Gasteiger partial charge in [0.05, 0.1) is 52.5 Å². The minimum absolute atomic E-state index is 0.0616. The van der Waals surface area contributed by atoms with Crippen molar-refractivity contribution in [3.05, 3.63) is 0 Å². The number of carbonyl (C=O) groups is 2. The van der Waals surface area contributed by atoms with Crippen molar-refractivity contribution in [2.45, 2.75) is 26.7 Å². The van der Waals surface area contributed by atoms with Crippen molar-refractivity contribution < 1.29 is 38.7 Å². The second-order valence-corrected chi connectivity index (χ2v) is 3.91. The Bertz CT molecular complexity index is 231. The van der Waals surface area contributed by atoms with Crippen molar-refractivity contribution in [2.75, 3.05) is 52.9 Å². The summed E-state index contributed by atoms with van der Waals surface area (Å²) in [5.74, 6) is -1.66. The molecule has 0 aromatic carbocycles. The van der Waals surface area contributed by atoms with Crippen molar-refractivity contribution in [2.24, 2.45) is 0 Å². The molecule has 0 aromatic rings. The van der Waals surface area contributed by atoms with E-state index < -0.39 is 11.9 Å². The number of rotatable bonds is 14. The summed E-state index contributed by atoms with van der Waals surface area (Å²) in [5.41, 5.74) is 0. The Kier molecular flexibility index (Phi) is 20.7. The Balaban J connectivity index is 0. The summed E-state index contributed by atoms with van der Waals surface area (Å²) in [6.07, 6.45) is 0.123. The number of carboxylic acids is 2. The Morgan fingerprint density at radius 3 is 1.23 bits per heavy atom. The molecule has 8 heteroatoms. The average molecular weight is 324 g/mol. The Labute approximate surface area is 131 Å². The molecule has 132 valence electrons. The number of hydrogen-bond acceptors (Lipinski definition) is 6. The highest BCUT2D eigenvalue weighted by atomic mass is 16.5. The van der Waals surface area contributed by atoms with Gasteiger partial charge >= 0.3 is 11.9 Å². The quantitative estimate of drug-likeness (QED) is 0.456. The molecule has 8 nitrogen and oxygen atoms in total. The molecular formula is C14H28O8. The largest absolute Gasteiger partial charge is 0.481 e. The van der Waals surface area contributed by atoms with Crippen LogP contribution in [0.15, 0.2) is 0 Å². The van der Waals surface area contributed by atoms with Crippen LogP contribution in [-0.4, -0.2) is 75.0 Å². The van der Waals surface area contributed by atoms with E-state index in [1.165, 1.54) is 0 Å². The molecule has 0 saturated heterocycles. The fraction of sp³-hybridized carbons (Fsp3) is 0.857. The molecule has 0 spiro atoms. The highest BCUT2D eigenvalue weighted by molar-refractivity contribution is 5.66. The third kappa shape index (κ3) is 27.2. The first-order chi connectivity index (χ1) is 10.5. The van der Waals surface area contributed by atoms with E-state index >= 15 is 0 Å². The second kappa shape index (κ2) is 19.8. The maximum Gasteiger partial charge on any atom is 0.305 e.